The summed E-state index contributed by atoms with van der Waals surface area (Å²) in [7, 11) is -3.37. The number of carbonyl (C=O) groups excluding carboxylic acids is 2. The molecular weight excluding hydrogens is 576 g/mol. The number of piperidine rings is 1. The van der Waals surface area contributed by atoms with E-state index < -0.39 is 27.7 Å². The fraction of sp³-hybridized carbons (Fsp3) is 0.548. The number of amides is 2. The second kappa shape index (κ2) is 13.3. The minimum atomic E-state index is -3.37. The van der Waals surface area contributed by atoms with Gasteiger partial charge in [-0.2, -0.15) is 0 Å². The van der Waals surface area contributed by atoms with Crippen molar-refractivity contribution in [3.05, 3.63) is 64.2 Å². The highest BCUT2D eigenvalue weighted by Gasteiger charge is 2.54. The number of hydrogen-bond acceptors (Lipinski definition) is 6. The van der Waals surface area contributed by atoms with Crippen molar-refractivity contribution < 1.29 is 23.1 Å². The number of aliphatic hydroxyl groups excluding tert-OH is 1. The second-order valence-electron chi connectivity index (χ2n) is 12.0. The SMILES string of the molecule is CCCCN1C(=O)[C@@H]([C@H](O)C(C)C)NC(=O)C12CCN(Cc1ccc(Cc3ccc(NS(C)(=O)=O)cc3Cl)cc1)CC2. The summed E-state index contributed by atoms with van der Waals surface area (Å²) in [6, 6.07) is 12.6. The van der Waals surface area contributed by atoms with E-state index in [0.29, 0.717) is 49.6 Å². The lowest BCUT2D eigenvalue weighted by molar-refractivity contribution is -0.165. The number of benzene rings is 2. The van der Waals surface area contributed by atoms with E-state index in [9.17, 15) is 23.1 Å². The Balaban J connectivity index is 1.38. The molecule has 3 N–H and O–H groups in total. The third-order valence-corrected chi connectivity index (χ3v) is 9.34. The van der Waals surface area contributed by atoms with Gasteiger partial charge in [-0.1, -0.05) is 69.1 Å². The molecule has 9 nitrogen and oxygen atoms in total. The molecule has 4 rings (SSSR count). The number of nitrogens with zero attached hydrogens (tertiary/aromatic N) is 2. The lowest BCUT2D eigenvalue weighted by Crippen LogP contribution is -2.74. The van der Waals surface area contributed by atoms with E-state index in [2.05, 4.69) is 46.1 Å². The predicted molar refractivity (Wildman–Crippen MR) is 166 cm³/mol. The number of sulfonamides is 1. The standard InChI is InChI=1S/C31H43ClN4O5S/c1-5-6-15-36-29(38)27(28(37)21(2)3)33-30(39)31(36)13-16-35(17-14-31)20-23-9-7-22(8-10-23)18-24-11-12-25(19-26(24)32)34-42(4,40)41/h7-12,19,21,27-28,34,37H,5-6,13-18,20H2,1-4H3,(H,33,39)/t27-,28-/m1/s1. The van der Waals surface area contributed by atoms with Crippen LogP contribution < -0.4 is 10.0 Å². The first-order valence-corrected chi connectivity index (χ1v) is 17.0. The van der Waals surface area contributed by atoms with Crippen LogP contribution in [0.5, 0.6) is 0 Å². The van der Waals surface area contributed by atoms with E-state index in [1.165, 1.54) is 0 Å². The van der Waals surface area contributed by atoms with Gasteiger partial charge >= 0.3 is 0 Å². The van der Waals surface area contributed by atoms with E-state index in [1.54, 1.807) is 17.0 Å². The van der Waals surface area contributed by atoms with Crippen LogP contribution in [-0.2, 0) is 32.6 Å². The summed E-state index contributed by atoms with van der Waals surface area (Å²) in [4.78, 5) is 31.1. The molecule has 0 aromatic heterocycles. The summed E-state index contributed by atoms with van der Waals surface area (Å²) in [6.07, 6.45) is 3.64. The number of unbranched alkanes of at least 4 members (excludes halogenated alkanes) is 1. The third-order valence-electron chi connectivity index (χ3n) is 8.38. The molecule has 2 aliphatic rings. The van der Waals surface area contributed by atoms with Crippen molar-refractivity contribution in [1.29, 1.82) is 0 Å². The summed E-state index contributed by atoms with van der Waals surface area (Å²) in [5.74, 6) is -0.461. The van der Waals surface area contributed by atoms with Crippen LogP contribution in [-0.4, -0.2) is 78.7 Å². The molecule has 11 heteroatoms. The molecule has 42 heavy (non-hydrogen) atoms. The Labute approximate surface area is 254 Å². The van der Waals surface area contributed by atoms with Gasteiger partial charge in [-0.15, -0.1) is 0 Å². The van der Waals surface area contributed by atoms with E-state index in [1.807, 2.05) is 19.9 Å². The Bertz CT molecular complexity index is 1370. The summed E-state index contributed by atoms with van der Waals surface area (Å²) in [5.41, 5.74) is 2.71. The minimum absolute atomic E-state index is 0.142. The van der Waals surface area contributed by atoms with Crippen molar-refractivity contribution in [1.82, 2.24) is 15.1 Å². The lowest BCUT2D eigenvalue weighted by atomic mass is 9.80. The molecule has 230 valence electrons. The largest absolute Gasteiger partial charge is 0.390 e. The molecule has 2 atom stereocenters. The number of halogens is 1. The highest BCUT2D eigenvalue weighted by molar-refractivity contribution is 7.92. The van der Waals surface area contributed by atoms with Crippen molar-refractivity contribution in [3.8, 4) is 0 Å². The molecule has 2 amide bonds. The van der Waals surface area contributed by atoms with Gasteiger partial charge in [0.05, 0.1) is 12.4 Å². The van der Waals surface area contributed by atoms with Crippen LogP contribution in [0, 0.1) is 5.92 Å². The number of nitrogens with one attached hydrogen (secondary N) is 2. The first kappa shape index (κ1) is 32.3. The smallest absolute Gasteiger partial charge is 0.248 e. The van der Waals surface area contributed by atoms with Crippen molar-refractivity contribution in [2.75, 3.05) is 30.6 Å². The van der Waals surface area contributed by atoms with Crippen molar-refractivity contribution >= 4 is 39.1 Å². The zero-order valence-corrected chi connectivity index (χ0v) is 26.5. The van der Waals surface area contributed by atoms with Crippen LogP contribution in [0.3, 0.4) is 0 Å². The number of anilines is 1. The van der Waals surface area contributed by atoms with Crippen LogP contribution in [0.2, 0.25) is 5.02 Å². The van der Waals surface area contributed by atoms with E-state index in [-0.39, 0.29) is 17.7 Å². The van der Waals surface area contributed by atoms with Gasteiger partial charge in [-0.25, -0.2) is 8.42 Å². The molecule has 0 radical (unpaired) electrons. The topological polar surface area (TPSA) is 119 Å². The van der Waals surface area contributed by atoms with Gasteiger partial charge in [0.25, 0.3) is 0 Å². The van der Waals surface area contributed by atoms with Gasteiger partial charge in [0.15, 0.2) is 0 Å². The zero-order chi connectivity index (χ0) is 30.7. The molecule has 2 aromatic rings. The molecule has 0 unspecified atom stereocenters. The number of hydrogen-bond donors (Lipinski definition) is 3. The molecule has 2 aromatic carbocycles. The summed E-state index contributed by atoms with van der Waals surface area (Å²) in [6.45, 7) is 8.40. The van der Waals surface area contributed by atoms with Gasteiger partial charge in [0.1, 0.15) is 11.6 Å². The van der Waals surface area contributed by atoms with Crippen LogP contribution >= 0.6 is 11.6 Å². The summed E-state index contributed by atoms with van der Waals surface area (Å²) >= 11 is 6.42. The third kappa shape index (κ3) is 7.45. The molecule has 0 saturated carbocycles. The van der Waals surface area contributed by atoms with Crippen molar-refractivity contribution in [2.45, 2.75) is 77.1 Å². The monoisotopic (exact) mass is 618 g/mol. The Hall–Kier alpha value is -2.66. The maximum atomic E-state index is 13.5. The quantitative estimate of drug-likeness (QED) is 0.353. The number of carbonyl (C=O) groups is 2. The predicted octanol–water partition coefficient (Wildman–Crippen LogP) is 3.78. The van der Waals surface area contributed by atoms with Gasteiger partial charge in [-0.3, -0.25) is 19.2 Å². The minimum Gasteiger partial charge on any atom is -0.390 e. The normalized spacial score (nSPS) is 20.2. The molecule has 2 fully saturated rings. The Morgan fingerprint density at radius 2 is 1.74 bits per heavy atom. The van der Waals surface area contributed by atoms with Crippen LogP contribution in [0.1, 0.15) is 63.1 Å². The number of rotatable bonds is 11. The molecule has 1 spiro atoms. The Morgan fingerprint density at radius 3 is 2.31 bits per heavy atom. The maximum absolute atomic E-state index is 13.5. The number of piperazine rings is 1. The second-order valence-corrected chi connectivity index (χ2v) is 14.2. The number of likely N-dealkylation sites (tertiary alicyclic amines) is 1. The highest BCUT2D eigenvalue weighted by atomic mass is 35.5. The number of aliphatic hydroxyl groups is 1. The fourth-order valence-corrected chi connectivity index (χ4v) is 6.68. The van der Waals surface area contributed by atoms with Crippen LogP contribution in [0.4, 0.5) is 5.69 Å². The highest BCUT2D eigenvalue weighted by Crippen LogP contribution is 2.35. The van der Waals surface area contributed by atoms with Gasteiger partial charge in [0.2, 0.25) is 21.8 Å². The maximum Gasteiger partial charge on any atom is 0.248 e. The van der Waals surface area contributed by atoms with Crippen LogP contribution in [0.15, 0.2) is 42.5 Å². The Morgan fingerprint density at radius 1 is 1.10 bits per heavy atom. The summed E-state index contributed by atoms with van der Waals surface area (Å²) < 4.78 is 25.4. The molecular formula is C31H43ClN4O5S. The zero-order valence-electron chi connectivity index (χ0n) is 24.9. The van der Waals surface area contributed by atoms with Gasteiger partial charge in [-0.05, 0) is 60.4 Å². The first-order valence-electron chi connectivity index (χ1n) is 14.7. The average molecular weight is 619 g/mol. The molecule has 0 aliphatic carbocycles. The lowest BCUT2D eigenvalue weighted by Gasteiger charge is -2.52. The van der Waals surface area contributed by atoms with Crippen molar-refractivity contribution in [3.63, 3.8) is 0 Å². The first-order chi connectivity index (χ1) is 19.8. The van der Waals surface area contributed by atoms with E-state index in [4.69, 9.17) is 11.6 Å². The molecule has 2 saturated heterocycles. The van der Waals surface area contributed by atoms with E-state index >= 15 is 0 Å². The molecule has 0 bridgehead atoms. The fourth-order valence-electron chi connectivity index (χ4n) is 5.88. The van der Waals surface area contributed by atoms with Crippen molar-refractivity contribution in [2.24, 2.45) is 5.92 Å². The van der Waals surface area contributed by atoms with Crippen LogP contribution in [0.25, 0.3) is 0 Å². The summed E-state index contributed by atoms with van der Waals surface area (Å²) in [5, 5.41) is 14.0. The molecule has 2 aliphatic heterocycles. The molecule has 2 heterocycles. The van der Waals surface area contributed by atoms with E-state index in [0.717, 1.165) is 42.3 Å². The van der Waals surface area contributed by atoms with Gasteiger partial charge in [0, 0.05) is 36.9 Å². The Kier molecular flexibility index (Phi) is 10.2. The van der Waals surface area contributed by atoms with Gasteiger partial charge < -0.3 is 15.3 Å². The average Bonchev–Trinajstić information content (AvgIpc) is 2.93.